The molecule has 0 atom stereocenters. The van der Waals surface area contributed by atoms with Gasteiger partial charge < -0.3 is 15.4 Å². The van der Waals surface area contributed by atoms with Crippen molar-refractivity contribution in [2.75, 3.05) is 18.5 Å². The Kier molecular flexibility index (Phi) is 5.25. The fraction of sp³-hybridized carbons (Fsp3) is 0.438. The van der Waals surface area contributed by atoms with Crippen molar-refractivity contribution in [1.29, 1.82) is 0 Å². The van der Waals surface area contributed by atoms with Crippen LogP contribution >= 0.6 is 0 Å². The van der Waals surface area contributed by atoms with Gasteiger partial charge in [-0.1, -0.05) is 0 Å². The van der Waals surface area contributed by atoms with Crippen molar-refractivity contribution in [3.63, 3.8) is 0 Å². The van der Waals surface area contributed by atoms with Crippen LogP contribution in [0.1, 0.15) is 25.1 Å². The zero-order valence-electron chi connectivity index (χ0n) is 13.2. The summed E-state index contributed by atoms with van der Waals surface area (Å²) in [6.07, 6.45) is 5.18. The van der Waals surface area contributed by atoms with Gasteiger partial charge in [0.1, 0.15) is 23.7 Å². The predicted molar refractivity (Wildman–Crippen MR) is 86.3 cm³/mol. The number of aromatic amines is 1. The first-order valence-electron chi connectivity index (χ1n) is 8.02. The number of anilines is 1. The van der Waals surface area contributed by atoms with Crippen LogP contribution in [-0.2, 0) is 6.42 Å². The maximum absolute atomic E-state index is 13.4. The van der Waals surface area contributed by atoms with Crippen molar-refractivity contribution in [2.24, 2.45) is 5.92 Å². The number of carbonyl (C=O) groups excluding carboxylic acids is 1. The van der Waals surface area contributed by atoms with Crippen LogP contribution in [0.5, 0.6) is 5.75 Å². The van der Waals surface area contributed by atoms with Crippen LogP contribution in [0.3, 0.4) is 0 Å². The van der Waals surface area contributed by atoms with Gasteiger partial charge in [-0.05, 0) is 37.3 Å². The highest BCUT2D eigenvalue weighted by Gasteiger charge is 2.22. The van der Waals surface area contributed by atoms with E-state index in [0.29, 0.717) is 36.9 Å². The summed E-state index contributed by atoms with van der Waals surface area (Å²) in [5.41, 5.74) is 0.336. The number of benzene rings is 1. The maximum atomic E-state index is 13.4. The van der Waals surface area contributed by atoms with E-state index in [4.69, 9.17) is 4.74 Å². The first-order valence-corrected chi connectivity index (χ1v) is 8.02. The Labute approximate surface area is 139 Å². The molecule has 0 saturated heterocycles. The number of hydrogen-bond acceptors (Lipinski definition) is 4. The van der Waals surface area contributed by atoms with Gasteiger partial charge in [0.05, 0.1) is 12.3 Å². The second-order valence-corrected chi connectivity index (χ2v) is 5.81. The second-order valence-electron chi connectivity index (χ2n) is 5.81. The lowest BCUT2D eigenvalue weighted by Gasteiger charge is -2.13. The minimum absolute atomic E-state index is 0.336. The molecule has 0 spiro atoms. The average molecular weight is 333 g/mol. The molecule has 1 aromatic carbocycles. The minimum Gasteiger partial charge on any atom is -0.491 e. The van der Waals surface area contributed by atoms with E-state index in [2.05, 4.69) is 25.8 Å². The molecule has 1 aliphatic rings. The van der Waals surface area contributed by atoms with E-state index in [0.717, 1.165) is 25.1 Å². The quantitative estimate of drug-likeness (QED) is 0.647. The number of nitrogens with zero attached hydrogens (tertiary/aromatic N) is 2. The van der Waals surface area contributed by atoms with E-state index in [1.165, 1.54) is 24.5 Å². The monoisotopic (exact) mass is 333 g/mol. The Morgan fingerprint density at radius 2 is 2.29 bits per heavy atom. The summed E-state index contributed by atoms with van der Waals surface area (Å²) < 4.78 is 19.1. The molecular formula is C16H20FN5O2. The van der Waals surface area contributed by atoms with E-state index < -0.39 is 11.8 Å². The van der Waals surface area contributed by atoms with Crippen LogP contribution < -0.4 is 15.4 Å². The smallest absolute Gasteiger partial charge is 0.319 e. The third kappa shape index (κ3) is 4.94. The van der Waals surface area contributed by atoms with Gasteiger partial charge in [-0.2, -0.15) is 5.10 Å². The number of urea groups is 1. The molecule has 1 fully saturated rings. The first kappa shape index (κ1) is 16.2. The fourth-order valence-electron chi connectivity index (χ4n) is 2.19. The highest BCUT2D eigenvalue weighted by atomic mass is 19.1. The molecule has 0 radical (unpaired) electrons. The van der Waals surface area contributed by atoms with Gasteiger partial charge in [0.15, 0.2) is 0 Å². The molecule has 1 heterocycles. The van der Waals surface area contributed by atoms with Gasteiger partial charge in [0, 0.05) is 19.0 Å². The zero-order chi connectivity index (χ0) is 16.8. The summed E-state index contributed by atoms with van der Waals surface area (Å²) in [6.45, 7) is 1.07. The molecule has 2 amide bonds. The van der Waals surface area contributed by atoms with E-state index in [1.807, 2.05) is 0 Å². The van der Waals surface area contributed by atoms with Crippen molar-refractivity contribution < 1.29 is 13.9 Å². The Balaban J connectivity index is 1.46. The lowest BCUT2D eigenvalue weighted by atomic mass is 10.2. The van der Waals surface area contributed by atoms with Gasteiger partial charge in [-0.15, -0.1) is 0 Å². The molecular weight excluding hydrogens is 313 g/mol. The van der Waals surface area contributed by atoms with Crippen LogP contribution in [0, 0.1) is 11.7 Å². The highest BCUT2D eigenvalue weighted by molar-refractivity contribution is 5.90. The zero-order valence-corrected chi connectivity index (χ0v) is 13.2. The normalized spacial score (nSPS) is 13.5. The van der Waals surface area contributed by atoms with E-state index in [9.17, 15) is 9.18 Å². The van der Waals surface area contributed by atoms with Gasteiger partial charge >= 0.3 is 6.03 Å². The number of amides is 2. The summed E-state index contributed by atoms with van der Waals surface area (Å²) in [5.74, 6) is 1.42. The topological polar surface area (TPSA) is 91.9 Å². The van der Waals surface area contributed by atoms with E-state index in [1.54, 1.807) is 0 Å². The number of nitrogens with one attached hydrogen (secondary N) is 3. The number of hydrogen-bond donors (Lipinski definition) is 3. The number of halogens is 1. The molecule has 0 aliphatic heterocycles. The maximum Gasteiger partial charge on any atom is 0.319 e. The SMILES string of the molecule is O=C(NCCCc1ncn[nH]1)Nc1cc(F)ccc1OCC1CC1. The molecule has 0 unspecified atom stereocenters. The number of rotatable bonds is 8. The van der Waals surface area contributed by atoms with Crippen molar-refractivity contribution in [1.82, 2.24) is 20.5 Å². The minimum atomic E-state index is -0.422. The van der Waals surface area contributed by atoms with Crippen molar-refractivity contribution in [2.45, 2.75) is 25.7 Å². The van der Waals surface area contributed by atoms with Crippen LogP contribution in [0.2, 0.25) is 0 Å². The molecule has 7 nitrogen and oxygen atoms in total. The average Bonchev–Trinajstić information content (AvgIpc) is 3.24. The summed E-state index contributed by atoms with van der Waals surface area (Å²) in [7, 11) is 0. The number of carbonyl (C=O) groups is 1. The molecule has 1 aromatic heterocycles. The van der Waals surface area contributed by atoms with Crippen LogP contribution in [0.4, 0.5) is 14.9 Å². The van der Waals surface area contributed by atoms with Crippen LogP contribution in [0.25, 0.3) is 0 Å². The highest BCUT2D eigenvalue weighted by Crippen LogP contribution is 2.32. The predicted octanol–water partition coefficient (Wildman–Crippen LogP) is 2.49. The van der Waals surface area contributed by atoms with Gasteiger partial charge in [0.25, 0.3) is 0 Å². The molecule has 1 aliphatic carbocycles. The van der Waals surface area contributed by atoms with Crippen molar-refractivity contribution >= 4 is 11.7 Å². The number of aryl methyl sites for hydroxylation is 1. The first-order chi connectivity index (χ1) is 11.7. The largest absolute Gasteiger partial charge is 0.491 e. The van der Waals surface area contributed by atoms with Crippen LogP contribution in [0.15, 0.2) is 24.5 Å². The summed E-state index contributed by atoms with van der Waals surface area (Å²) in [6, 6.07) is 3.73. The van der Waals surface area contributed by atoms with E-state index >= 15 is 0 Å². The molecule has 2 aromatic rings. The van der Waals surface area contributed by atoms with E-state index in [-0.39, 0.29) is 0 Å². The lowest BCUT2D eigenvalue weighted by molar-refractivity contribution is 0.251. The number of H-pyrrole nitrogens is 1. The number of aromatic nitrogens is 3. The molecule has 24 heavy (non-hydrogen) atoms. The third-order valence-electron chi connectivity index (χ3n) is 3.70. The fourth-order valence-corrected chi connectivity index (χ4v) is 2.19. The molecule has 1 saturated carbocycles. The van der Waals surface area contributed by atoms with Crippen LogP contribution in [-0.4, -0.2) is 34.4 Å². The second kappa shape index (κ2) is 7.76. The molecule has 128 valence electrons. The van der Waals surface area contributed by atoms with Crippen molar-refractivity contribution in [3.8, 4) is 5.75 Å². The van der Waals surface area contributed by atoms with Crippen molar-refractivity contribution in [3.05, 3.63) is 36.2 Å². The summed E-state index contributed by atoms with van der Waals surface area (Å²) in [5, 5.41) is 11.9. The lowest BCUT2D eigenvalue weighted by Crippen LogP contribution is -2.30. The molecule has 3 rings (SSSR count). The van der Waals surface area contributed by atoms with Gasteiger partial charge in [-0.3, -0.25) is 5.10 Å². The Morgan fingerprint density at radius 1 is 1.42 bits per heavy atom. The molecule has 3 N–H and O–H groups in total. The van der Waals surface area contributed by atoms with Gasteiger partial charge in [0.2, 0.25) is 0 Å². The number of ether oxygens (including phenoxy) is 1. The van der Waals surface area contributed by atoms with Gasteiger partial charge in [-0.25, -0.2) is 14.2 Å². The Morgan fingerprint density at radius 3 is 3.04 bits per heavy atom. The molecule has 0 bridgehead atoms. The third-order valence-corrected chi connectivity index (χ3v) is 3.70. The summed E-state index contributed by atoms with van der Waals surface area (Å²) >= 11 is 0. The Hall–Kier alpha value is -2.64. The standard InChI is InChI=1S/C16H20FN5O2/c17-12-5-6-14(24-9-11-3-4-11)13(8-12)21-16(23)18-7-1-2-15-19-10-20-22-15/h5-6,8,10-11H,1-4,7,9H2,(H2,18,21,23)(H,19,20,22). The summed E-state index contributed by atoms with van der Waals surface area (Å²) in [4.78, 5) is 16.0. The Bertz CT molecular complexity index is 673. The molecule has 8 heteroatoms.